The summed E-state index contributed by atoms with van der Waals surface area (Å²) in [5.41, 5.74) is 6.89. The van der Waals surface area contributed by atoms with E-state index in [0.717, 1.165) is 31.7 Å². The molecule has 2 rings (SSSR count). The zero-order chi connectivity index (χ0) is 12.1. The fourth-order valence-electron chi connectivity index (χ4n) is 1.90. The smallest absolute Gasteiger partial charge is 0.189 e. The van der Waals surface area contributed by atoms with E-state index < -0.39 is 0 Å². The van der Waals surface area contributed by atoms with Crippen LogP contribution in [0, 0.1) is 0 Å². The monoisotopic (exact) mass is 233 g/mol. The molecule has 0 fully saturated rings. The Kier molecular flexibility index (Phi) is 3.85. The van der Waals surface area contributed by atoms with Crippen molar-refractivity contribution >= 4 is 5.96 Å². The third-order valence-corrected chi connectivity index (χ3v) is 2.76. The molecule has 4 heteroatoms. The lowest BCUT2D eigenvalue weighted by atomic mass is 10.0. The van der Waals surface area contributed by atoms with Gasteiger partial charge in [0.05, 0.1) is 12.6 Å². The molecule has 0 saturated carbocycles. The molecule has 1 unspecified atom stereocenters. The summed E-state index contributed by atoms with van der Waals surface area (Å²) in [6.07, 6.45) is 1.99. The maximum atomic E-state index is 5.69. The van der Waals surface area contributed by atoms with E-state index >= 15 is 0 Å². The van der Waals surface area contributed by atoms with E-state index in [0.29, 0.717) is 5.96 Å². The first-order chi connectivity index (χ1) is 8.29. The molecule has 0 radical (unpaired) electrons. The van der Waals surface area contributed by atoms with Crippen LogP contribution in [0.3, 0.4) is 0 Å². The van der Waals surface area contributed by atoms with Crippen LogP contribution in [-0.4, -0.2) is 19.1 Å². The minimum Gasteiger partial charge on any atom is -0.494 e. The summed E-state index contributed by atoms with van der Waals surface area (Å²) in [4.78, 5) is 4.13. The molecule has 92 valence electrons. The quantitative estimate of drug-likeness (QED) is 0.834. The van der Waals surface area contributed by atoms with Gasteiger partial charge in [-0.3, -0.25) is 4.99 Å². The molecule has 1 aromatic rings. The molecule has 1 aromatic carbocycles. The highest BCUT2D eigenvalue weighted by atomic mass is 16.5. The number of nitrogens with zero attached hydrogens (tertiary/aromatic N) is 1. The van der Waals surface area contributed by atoms with Gasteiger partial charge in [0.1, 0.15) is 5.75 Å². The molecule has 1 atom stereocenters. The summed E-state index contributed by atoms with van der Waals surface area (Å²) in [5.74, 6) is 1.45. The van der Waals surface area contributed by atoms with Crippen molar-refractivity contribution in [1.82, 2.24) is 5.32 Å². The fourth-order valence-corrected chi connectivity index (χ4v) is 1.90. The van der Waals surface area contributed by atoms with Crippen molar-refractivity contribution in [1.29, 1.82) is 0 Å². The van der Waals surface area contributed by atoms with Gasteiger partial charge in [0.25, 0.3) is 0 Å². The van der Waals surface area contributed by atoms with Crippen LogP contribution in [0.2, 0.25) is 0 Å². The molecule has 3 N–H and O–H groups in total. The van der Waals surface area contributed by atoms with Crippen LogP contribution in [0.4, 0.5) is 0 Å². The van der Waals surface area contributed by atoms with E-state index in [1.165, 1.54) is 5.56 Å². The SMILES string of the molecule is CCCOc1cccc(C2CCN=C(N)N2)c1. The fraction of sp³-hybridized carbons (Fsp3) is 0.462. The zero-order valence-electron chi connectivity index (χ0n) is 10.1. The Labute approximate surface area is 102 Å². The molecule has 1 aliphatic rings. The van der Waals surface area contributed by atoms with Crippen molar-refractivity contribution in [2.45, 2.75) is 25.8 Å². The van der Waals surface area contributed by atoms with Crippen LogP contribution in [0.5, 0.6) is 5.75 Å². The Balaban J connectivity index is 2.07. The Hall–Kier alpha value is -1.71. The van der Waals surface area contributed by atoms with Gasteiger partial charge >= 0.3 is 0 Å². The van der Waals surface area contributed by atoms with Gasteiger partial charge in [0.15, 0.2) is 5.96 Å². The number of guanidine groups is 1. The van der Waals surface area contributed by atoms with Gasteiger partial charge in [-0.15, -0.1) is 0 Å². The minimum absolute atomic E-state index is 0.248. The standard InChI is InChI=1S/C13H19N3O/c1-2-8-17-11-5-3-4-10(9-11)12-6-7-15-13(14)16-12/h3-5,9,12H,2,6-8H2,1H3,(H3,14,15,16). The van der Waals surface area contributed by atoms with Crippen molar-refractivity contribution in [2.24, 2.45) is 10.7 Å². The van der Waals surface area contributed by atoms with Crippen LogP contribution in [0.25, 0.3) is 0 Å². The predicted octanol–water partition coefficient (Wildman–Crippen LogP) is 1.82. The average molecular weight is 233 g/mol. The molecule has 0 aliphatic carbocycles. The third-order valence-electron chi connectivity index (χ3n) is 2.76. The van der Waals surface area contributed by atoms with Crippen LogP contribution in [0.1, 0.15) is 31.4 Å². The number of aliphatic imine (C=N–C) groups is 1. The highest BCUT2D eigenvalue weighted by Crippen LogP contribution is 2.23. The van der Waals surface area contributed by atoms with Crippen LogP contribution in [0.15, 0.2) is 29.3 Å². The largest absolute Gasteiger partial charge is 0.494 e. The molecule has 0 saturated heterocycles. The van der Waals surface area contributed by atoms with Gasteiger partial charge in [-0.1, -0.05) is 19.1 Å². The van der Waals surface area contributed by atoms with Gasteiger partial charge < -0.3 is 15.8 Å². The van der Waals surface area contributed by atoms with E-state index in [4.69, 9.17) is 10.5 Å². The molecule has 1 aliphatic heterocycles. The van der Waals surface area contributed by atoms with E-state index in [-0.39, 0.29) is 6.04 Å². The highest BCUT2D eigenvalue weighted by Gasteiger charge is 2.15. The molecule has 17 heavy (non-hydrogen) atoms. The number of ether oxygens (including phenoxy) is 1. The number of benzene rings is 1. The van der Waals surface area contributed by atoms with Crippen molar-refractivity contribution < 1.29 is 4.74 Å². The third kappa shape index (κ3) is 3.12. The van der Waals surface area contributed by atoms with Gasteiger partial charge in [-0.25, -0.2) is 0 Å². The molecule has 0 bridgehead atoms. The summed E-state index contributed by atoms with van der Waals surface area (Å²) in [5, 5.41) is 3.19. The summed E-state index contributed by atoms with van der Waals surface area (Å²) < 4.78 is 5.62. The normalized spacial score (nSPS) is 19.4. The Morgan fingerprint density at radius 3 is 3.18 bits per heavy atom. The van der Waals surface area contributed by atoms with E-state index in [2.05, 4.69) is 29.4 Å². The van der Waals surface area contributed by atoms with Crippen molar-refractivity contribution in [2.75, 3.05) is 13.2 Å². The Morgan fingerprint density at radius 2 is 2.41 bits per heavy atom. The summed E-state index contributed by atoms with van der Waals surface area (Å²) in [7, 11) is 0. The Bertz CT molecular complexity index is 403. The molecular formula is C13H19N3O. The molecule has 4 nitrogen and oxygen atoms in total. The van der Waals surface area contributed by atoms with Gasteiger partial charge in [0.2, 0.25) is 0 Å². The van der Waals surface area contributed by atoms with Crippen LogP contribution >= 0.6 is 0 Å². The molecule has 0 amide bonds. The second-order valence-corrected chi connectivity index (χ2v) is 4.17. The molecular weight excluding hydrogens is 214 g/mol. The number of nitrogens with one attached hydrogen (secondary N) is 1. The first-order valence-electron chi connectivity index (χ1n) is 6.09. The summed E-state index contributed by atoms with van der Waals surface area (Å²) in [6.45, 7) is 3.64. The molecule has 0 spiro atoms. The van der Waals surface area contributed by atoms with E-state index in [1.807, 2.05) is 12.1 Å². The number of nitrogens with two attached hydrogens (primary N) is 1. The second kappa shape index (κ2) is 5.57. The van der Waals surface area contributed by atoms with Crippen molar-refractivity contribution in [3.8, 4) is 5.75 Å². The number of hydrogen-bond donors (Lipinski definition) is 2. The minimum atomic E-state index is 0.248. The molecule has 0 aromatic heterocycles. The maximum absolute atomic E-state index is 5.69. The van der Waals surface area contributed by atoms with E-state index in [1.54, 1.807) is 0 Å². The van der Waals surface area contributed by atoms with Crippen molar-refractivity contribution in [3.63, 3.8) is 0 Å². The number of hydrogen-bond acceptors (Lipinski definition) is 4. The van der Waals surface area contributed by atoms with E-state index in [9.17, 15) is 0 Å². The predicted molar refractivity (Wildman–Crippen MR) is 69.2 cm³/mol. The topological polar surface area (TPSA) is 59.6 Å². The highest BCUT2D eigenvalue weighted by molar-refractivity contribution is 5.78. The zero-order valence-corrected chi connectivity index (χ0v) is 10.1. The summed E-state index contributed by atoms with van der Waals surface area (Å²) >= 11 is 0. The van der Waals surface area contributed by atoms with Gasteiger partial charge in [-0.05, 0) is 30.5 Å². The van der Waals surface area contributed by atoms with Crippen molar-refractivity contribution in [3.05, 3.63) is 29.8 Å². The lowest BCUT2D eigenvalue weighted by molar-refractivity contribution is 0.316. The molecule has 1 heterocycles. The lowest BCUT2D eigenvalue weighted by Crippen LogP contribution is -2.38. The van der Waals surface area contributed by atoms with Gasteiger partial charge in [0, 0.05) is 6.54 Å². The second-order valence-electron chi connectivity index (χ2n) is 4.17. The lowest BCUT2D eigenvalue weighted by Gasteiger charge is -2.23. The first-order valence-corrected chi connectivity index (χ1v) is 6.09. The summed E-state index contributed by atoms with van der Waals surface area (Å²) in [6, 6.07) is 8.42. The maximum Gasteiger partial charge on any atom is 0.189 e. The average Bonchev–Trinajstić information content (AvgIpc) is 2.37. The van der Waals surface area contributed by atoms with Crippen LogP contribution < -0.4 is 15.8 Å². The van der Waals surface area contributed by atoms with Crippen LogP contribution in [-0.2, 0) is 0 Å². The number of rotatable bonds is 4. The van der Waals surface area contributed by atoms with Gasteiger partial charge in [-0.2, -0.15) is 0 Å². The first kappa shape index (κ1) is 11.8. The Morgan fingerprint density at radius 1 is 1.53 bits per heavy atom.